The molecule has 1 rings (SSSR count). The SMILES string of the molecule is CC.CC(=O)[C@H](N)Cc1ccc([N+](=O)[O-])cc1. The van der Waals surface area contributed by atoms with Crippen molar-refractivity contribution in [3.8, 4) is 0 Å². The van der Waals surface area contributed by atoms with Crippen molar-refractivity contribution >= 4 is 11.5 Å². The van der Waals surface area contributed by atoms with E-state index in [-0.39, 0.29) is 11.5 Å². The minimum absolute atomic E-state index is 0.0372. The average Bonchev–Trinajstić information content (AvgIpc) is 2.32. The summed E-state index contributed by atoms with van der Waals surface area (Å²) in [5.74, 6) is -0.0895. The Morgan fingerprint density at radius 3 is 2.18 bits per heavy atom. The molecule has 0 aliphatic carbocycles. The Morgan fingerprint density at radius 2 is 1.82 bits per heavy atom. The summed E-state index contributed by atoms with van der Waals surface area (Å²) >= 11 is 0. The highest BCUT2D eigenvalue weighted by Crippen LogP contribution is 2.12. The molecule has 5 heteroatoms. The molecule has 0 heterocycles. The Morgan fingerprint density at radius 1 is 1.35 bits per heavy atom. The zero-order valence-electron chi connectivity index (χ0n) is 10.3. The number of nitro benzene ring substituents is 1. The van der Waals surface area contributed by atoms with Crippen LogP contribution in [-0.2, 0) is 11.2 Å². The largest absolute Gasteiger partial charge is 0.321 e. The molecule has 0 spiro atoms. The van der Waals surface area contributed by atoms with E-state index in [0.717, 1.165) is 5.56 Å². The molecule has 0 fully saturated rings. The summed E-state index contributed by atoms with van der Waals surface area (Å²) in [6, 6.07) is 5.50. The first-order chi connectivity index (χ1) is 8.00. The second-order valence-electron chi connectivity index (χ2n) is 3.34. The molecule has 0 amide bonds. The summed E-state index contributed by atoms with van der Waals surface area (Å²) in [5, 5.41) is 10.4. The Balaban J connectivity index is 0.00000121. The van der Waals surface area contributed by atoms with Crippen LogP contribution in [0.15, 0.2) is 24.3 Å². The Bertz CT molecular complexity index is 374. The fourth-order valence-electron chi connectivity index (χ4n) is 1.15. The normalized spacial score (nSPS) is 11.1. The van der Waals surface area contributed by atoms with Crippen LogP contribution in [0, 0.1) is 10.1 Å². The zero-order chi connectivity index (χ0) is 13.4. The van der Waals surface area contributed by atoms with Gasteiger partial charge >= 0.3 is 0 Å². The van der Waals surface area contributed by atoms with E-state index >= 15 is 0 Å². The molecule has 0 saturated carbocycles. The number of benzene rings is 1. The highest BCUT2D eigenvalue weighted by atomic mass is 16.6. The van der Waals surface area contributed by atoms with Gasteiger partial charge in [0, 0.05) is 12.1 Å². The Hall–Kier alpha value is -1.75. The highest BCUT2D eigenvalue weighted by Gasteiger charge is 2.10. The Labute approximate surface area is 101 Å². The van der Waals surface area contributed by atoms with Crippen molar-refractivity contribution in [2.75, 3.05) is 0 Å². The van der Waals surface area contributed by atoms with Crippen LogP contribution in [0.4, 0.5) is 5.69 Å². The fraction of sp³-hybridized carbons (Fsp3) is 0.417. The van der Waals surface area contributed by atoms with Crippen LogP contribution < -0.4 is 5.73 Å². The molecule has 0 saturated heterocycles. The topological polar surface area (TPSA) is 86.2 Å². The number of hydrogen-bond acceptors (Lipinski definition) is 4. The van der Waals surface area contributed by atoms with Crippen molar-refractivity contribution in [2.24, 2.45) is 5.73 Å². The van der Waals surface area contributed by atoms with Crippen molar-refractivity contribution in [1.82, 2.24) is 0 Å². The number of ketones is 1. The molecule has 0 bridgehead atoms. The lowest BCUT2D eigenvalue weighted by Crippen LogP contribution is -2.30. The molecule has 0 aromatic heterocycles. The fourth-order valence-corrected chi connectivity index (χ4v) is 1.15. The van der Waals surface area contributed by atoms with E-state index in [1.165, 1.54) is 19.1 Å². The van der Waals surface area contributed by atoms with Gasteiger partial charge in [0.05, 0.1) is 11.0 Å². The van der Waals surface area contributed by atoms with E-state index in [9.17, 15) is 14.9 Å². The van der Waals surface area contributed by atoms with E-state index in [1.54, 1.807) is 12.1 Å². The van der Waals surface area contributed by atoms with Gasteiger partial charge in [-0.2, -0.15) is 0 Å². The minimum Gasteiger partial charge on any atom is -0.321 e. The van der Waals surface area contributed by atoms with Gasteiger partial charge in [-0.05, 0) is 18.9 Å². The number of carbonyl (C=O) groups is 1. The summed E-state index contributed by atoms with van der Waals surface area (Å²) in [4.78, 5) is 20.8. The molecule has 17 heavy (non-hydrogen) atoms. The van der Waals surface area contributed by atoms with E-state index in [0.29, 0.717) is 6.42 Å². The number of hydrogen-bond donors (Lipinski definition) is 1. The lowest BCUT2D eigenvalue weighted by Gasteiger charge is -2.06. The molecule has 0 unspecified atom stereocenters. The van der Waals surface area contributed by atoms with Crippen molar-refractivity contribution in [3.63, 3.8) is 0 Å². The molecule has 2 N–H and O–H groups in total. The molecule has 94 valence electrons. The number of nitro groups is 1. The van der Waals surface area contributed by atoms with Crippen molar-refractivity contribution in [1.29, 1.82) is 0 Å². The van der Waals surface area contributed by atoms with Crippen molar-refractivity contribution in [3.05, 3.63) is 39.9 Å². The maximum absolute atomic E-state index is 10.9. The summed E-state index contributed by atoms with van der Waals surface area (Å²) in [7, 11) is 0. The highest BCUT2D eigenvalue weighted by molar-refractivity contribution is 5.81. The molecule has 0 aliphatic heterocycles. The second-order valence-corrected chi connectivity index (χ2v) is 3.34. The molecular weight excluding hydrogens is 220 g/mol. The maximum Gasteiger partial charge on any atom is 0.269 e. The summed E-state index contributed by atoms with van der Waals surface area (Å²) in [6.45, 7) is 5.43. The first kappa shape index (κ1) is 15.2. The van der Waals surface area contributed by atoms with E-state index in [4.69, 9.17) is 5.73 Å². The molecule has 1 aromatic carbocycles. The summed E-state index contributed by atoms with van der Waals surface area (Å²) in [6.07, 6.45) is 0.410. The van der Waals surface area contributed by atoms with Gasteiger partial charge in [0.25, 0.3) is 5.69 Å². The molecule has 0 radical (unpaired) electrons. The second kappa shape index (κ2) is 7.51. The quantitative estimate of drug-likeness (QED) is 0.642. The number of rotatable bonds is 4. The van der Waals surface area contributed by atoms with Crippen LogP contribution in [0.5, 0.6) is 0 Å². The number of non-ortho nitro benzene ring substituents is 1. The third-order valence-electron chi connectivity index (χ3n) is 2.12. The van der Waals surface area contributed by atoms with E-state index in [1.807, 2.05) is 13.8 Å². The predicted octanol–water partition coefficient (Wildman–Crippen LogP) is 2.08. The maximum atomic E-state index is 10.9. The van der Waals surface area contributed by atoms with Gasteiger partial charge in [0.2, 0.25) is 0 Å². The minimum atomic E-state index is -0.536. The molecule has 1 aromatic rings. The standard InChI is InChI=1S/C10H12N2O3.C2H6/c1-7(13)10(11)6-8-2-4-9(5-3-8)12(14)15;1-2/h2-5,10H,6,11H2,1H3;1-2H3/t10-;/m1./s1. The zero-order valence-corrected chi connectivity index (χ0v) is 10.3. The molecular formula is C12H18N2O3. The van der Waals surface area contributed by atoms with Crippen LogP contribution in [0.3, 0.4) is 0 Å². The van der Waals surface area contributed by atoms with Gasteiger partial charge in [-0.3, -0.25) is 14.9 Å². The lowest BCUT2D eigenvalue weighted by molar-refractivity contribution is -0.384. The molecule has 0 aliphatic rings. The van der Waals surface area contributed by atoms with Crippen LogP contribution in [0.2, 0.25) is 0 Å². The first-order valence-corrected chi connectivity index (χ1v) is 5.50. The third-order valence-corrected chi connectivity index (χ3v) is 2.12. The van der Waals surface area contributed by atoms with Crippen LogP contribution in [0.25, 0.3) is 0 Å². The summed E-state index contributed by atoms with van der Waals surface area (Å²) < 4.78 is 0. The van der Waals surface area contributed by atoms with E-state index < -0.39 is 11.0 Å². The van der Waals surface area contributed by atoms with Gasteiger partial charge in [0.1, 0.15) is 5.78 Å². The number of nitrogens with zero attached hydrogens (tertiary/aromatic N) is 1. The molecule has 5 nitrogen and oxygen atoms in total. The van der Waals surface area contributed by atoms with Gasteiger partial charge in [-0.1, -0.05) is 26.0 Å². The van der Waals surface area contributed by atoms with Gasteiger partial charge in [-0.25, -0.2) is 0 Å². The predicted molar refractivity (Wildman–Crippen MR) is 66.8 cm³/mol. The van der Waals surface area contributed by atoms with Crippen molar-refractivity contribution in [2.45, 2.75) is 33.2 Å². The van der Waals surface area contributed by atoms with E-state index in [2.05, 4.69) is 0 Å². The van der Waals surface area contributed by atoms with Crippen LogP contribution >= 0.6 is 0 Å². The average molecular weight is 238 g/mol. The third kappa shape index (κ3) is 5.21. The van der Waals surface area contributed by atoms with Crippen LogP contribution in [-0.4, -0.2) is 16.7 Å². The van der Waals surface area contributed by atoms with Crippen molar-refractivity contribution < 1.29 is 9.72 Å². The van der Waals surface area contributed by atoms with Crippen LogP contribution in [0.1, 0.15) is 26.3 Å². The monoisotopic (exact) mass is 238 g/mol. The molecule has 1 atom stereocenters. The van der Waals surface area contributed by atoms with Gasteiger partial charge in [0.15, 0.2) is 0 Å². The number of nitrogens with two attached hydrogens (primary N) is 1. The lowest BCUT2D eigenvalue weighted by atomic mass is 10.0. The number of Topliss-reactive ketones (excluding diaryl/α,β-unsaturated/α-hetero) is 1. The first-order valence-electron chi connectivity index (χ1n) is 5.50. The summed E-state index contributed by atoms with van der Waals surface area (Å²) in [5.41, 5.74) is 6.42. The smallest absolute Gasteiger partial charge is 0.269 e. The van der Waals surface area contributed by atoms with Gasteiger partial charge in [-0.15, -0.1) is 0 Å². The number of carbonyl (C=O) groups excluding carboxylic acids is 1. The Kier molecular flexibility index (Phi) is 6.74. The van der Waals surface area contributed by atoms with Gasteiger partial charge < -0.3 is 5.73 Å².